The molecule has 0 amide bonds. The molecule has 0 fully saturated rings. The maximum absolute atomic E-state index is 10.4. The molecule has 0 aromatic carbocycles. The lowest BCUT2D eigenvalue weighted by Gasteiger charge is -2.11. The Labute approximate surface area is 91.8 Å². The van der Waals surface area contributed by atoms with Crippen molar-refractivity contribution in [3.63, 3.8) is 0 Å². The molecule has 0 bridgehead atoms. The van der Waals surface area contributed by atoms with Crippen LogP contribution in [0.5, 0.6) is 0 Å². The molecular formula is C12H22O3. The van der Waals surface area contributed by atoms with E-state index in [4.69, 9.17) is 10.2 Å². The van der Waals surface area contributed by atoms with E-state index in [1.165, 1.54) is 5.57 Å². The summed E-state index contributed by atoms with van der Waals surface area (Å²) in [5.41, 5.74) is 1.31. The zero-order chi connectivity index (χ0) is 11.8. The molecule has 0 heterocycles. The first-order valence-corrected chi connectivity index (χ1v) is 5.47. The van der Waals surface area contributed by atoms with Crippen LogP contribution in [-0.2, 0) is 4.79 Å². The van der Waals surface area contributed by atoms with Crippen molar-refractivity contribution in [2.75, 3.05) is 0 Å². The molecular weight excluding hydrogens is 192 g/mol. The highest BCUT2D eigenvalue weighted by molar-refractivity contribution is 5.71. The molecule has 0 spiro atoms. The van der Waals surface area contributed by atoms with E-state index in [2.05, 4.69) is 26.8 Å². The fraction of sp³-hybridized carbons (Fsp3) is 0.750. The Bertz CT molecular complexity index is 217. The van der Waals surface area contributed by atoms with Crippen LogP contribution in [-0.4, -0.2) is 22.3 Å². The molecule has 2 atom stereocenters. The summed E-state index contributed by atoms with van der Waals surface area (Å²) >= 11 is 0. The van der Waals surface area contributed by atoms with Crippen LogP contribution in [0.3, 0.4) is 0 Å². The van der Waals surface area contributed by atoms with Gasteiger partial charge >= 0.3 is 5.97 Å². The normalized spacial score (nSPS) is 14.4. The SMILES string of the molecule is CC(C)=CCCC(C)CCC(O)C(=O)O. The van der Waals surface area contributed by atoms with Gasteiger partial charge in [0.15, 0.2) is 6.10 Å². The second-order valence-electron chi connectivity index (χ2n) is 4.40. The number of allylic oxidation sites excluding steroid dienone is 2. The van der Waals surface area contributed by atoms with Crippen molar-refractivity contribution in [3.8, 4) is 0 Å². The van der Waals surface area contributed by atoms with Crippen LogP contribution < -0.4 is 0 Å². The Morgan fingerprint density at radius 1 is 1.27 bits per heavy atom. The van der Waals surface area contributed by atoms with Gasteiger partial charge in [0.2, 0.25) is 0 Å². The summed E-state index contributed by atoms with van der Waals surface area (Å²) in [6, 6.07) is 0. The summed E-state index contributed by atoms with van der Waals surface area (Å²) in [4.78, 5) is 10.4. The van der Waals surface area contributed by atoms with Gasteiger partial charge in [-0.3, -0.25) is 0 Å². The van der Waals surface area contributed by atoms with Crippen molar-refractivity contribution < 1.29 is 15.0 Å². The highest BCUT2D eigenvalue weighted by Crippen LogP contribution is 2.15. The Kier molecular flexibility index (Phi) is 7.05. The molecule has 2 N–H and O–H groups in total. The molecule has 0 rings (SSSR count). The van der Waals surface area contributed by atoms with Gasteiger partial charge in [-0.1, -0.05) is 18.6 Å². The zero-order valence-electron chi connectivity index (χ0n) is 9.86. The molecule has 88 valence electrons. The lowest BCUT2D eigenvalue weighted by atomic mass is 9.97. The van der Waals surface area contributed by atoms with E-state index >= 15 is 0 Å². The summed E-state index contributed by atoms with van der Waals surface area (Å²) < 4.78 is 0. The number of carbonyl (C=O) groups is 1. The molecule has 0 saturated carbocycles. The van der Waals surface area contributed by atoms with E-state index in [1.807, 2.05) is 0 Å². The standard InChI is InChI=1S/C12H22O3/c1-9(2)5-4-6-10(3)7-8-11(13)12(14)15/h5,10-11,13H,4,6-8H2,1-3H3,(H,14,15). The summed E-state index contributed by atoms with van der Waals surface area (Å²) in [6.45, 7) is 6.23. The maximum atomic E-state index is 10.4. The second-order valence-corrected chi connectivity index (χ2v) is 4.40. The van der Waals surface area contributed by atoms with Crippen LogP contribution in [0, 0.1) is 5.92 Å². The summed E-state index contributed by atoms with van der Waals surface area (Å²) in [6.07, 6.45) is 4.19. The largest absolute Gasteiger partial charge is 0.479 e. The Morgan fingerprint density at radius 2 is 1.87 bits per heavy atom. The molecule has 0 aromatic rings. The molecule has 3 heteroatoms. The summed E-state index contributed by atoms with van der Waals surface area (Å²) in [7, 11) is 0. The van der Waals surface area contributed by atoms with E-state index in [-0.39, 0.29) is 0 Å². The van der Waals surface area contributed by atoms with Gasteiger partial charge < -0.3 is 10.2 Å². The van der Waals surface area contributed by atoms with Crippen molar-refractivity contribution >= 4 is 5.97 Å². The van der Waals surface area contributed by atoms with E-state index in [1.54, 1.807) is 0 Å². The molecule has 0 aliphatic carbocycles. The lowest BCUT2D eigenvalue weighted by molar-refractivity contribution is -0.147. The average Bonchev–Trinajstić information content (AvgIpc) is 2.13. The first kappa shape index (κ1) is 14.2. The number of hydrogen-bond donors (Lipinski definition) is 2. The fourth-order valence-electron chi connectivity index (χ4n) is 1.37. The highest BCUT2D eigenvalue weighted by Gasteiger charge is 2.13. The molecule has 0 aliphatic heterocycles. The monoisotopic (exact) mass is 214 g/mol. The topological polar surface area (TPSA) is 57.5 Å². The van der Waals surface area contributed by atoms with Gasteiger partial charge in [-0.25, -0.2) is 4.79 Å². The third kappa shape index (κ3) is 8.18. The minimum absolute atomic E-state index is 0.353. The molecule has 2 unspecified atom stereocenters. The van der Waals surface area contributed by atoms with Crippen molar-refractivity contribution in [2.24, 2.45) is 5.92 Å². The van der Waals surface area contributed by atoms with Crippen LogP contribution in [0.2, 0.25) is 0 Å². The number of aliphatic hydroxyl groups is 1. The number of aliphatic hydroxyl groups excluding tert-OH is 1. The maximum Gasteiger partial charge on any atom is 0.332 e. The smallest absolute Gasteiger partial charge is 0.332 e. The third-order valence-corrected chi connectivity index (χ3v) is 2.43. The average molecular weight is 214 g/mol. The van der Waals surface area contributed by atoms with Gasteiger partial charge in [0, 0.05) is 0 Å². The van der Waals surface area contributed by atoms with Crippen LogP contribution in [0.4, 0.5) is 0 Å². The molecule has 0 aliphatic rings. The van der Waals surface area contributed by atoms with Gasteiger partial charge in [-0.2, -0.15) is 0 Å². The lowest BCUT2D eigenvalue weighted by Crippen LogP contribution is -2.19. The Morgan fingerprint density at radius 3 is 2.33 bits per heavy atom. The van der Waals surface area contributed by atoms with Gasteiger partial charge in [0.25, 0.3) is 0 Å². The van der Waals surface area contributed by atoms with Crippen molar-refractivity contribution in [1.82, 2.24) is 0 Å². The number of hydrogen-bond acceptors (Lipinski definition) is 2. The molecule has 0 radical (unpaired) electrons. The quantitative estimate of drug-likeness (QED) is 0.640. The van der Waals surface area contributed by atoms with Crippen molar-refractivity contribution in [2.45, 2.75) is 52.6 Å². The van der Waals surface area contributed by atoms with Crippen LogP contribution in [0.15, 0.2) is 11.6 Å². The summed E-state index contributed by atoms with van der Waals surface area (Å²) in [5.74, 6) is -0.652. The minimum atomic E-state index is -1.20. The number of carboxylic acids is 1. The first-order chi connectivity index (χ1) is 6.93. The molecule has 3 nitrogen and oxygen atoms in total. The van der Waals surface area contributed by atoms with Crippen molar-refractivity contribution in [1.29, 1.82) is 0 Å². The minimum Gasteiger partial charge on any atom is -0.479 e. The predicted octanol–water partition coefficient (Wildman–Crippen LogP) is 2.59. The van der Waals surface area contributed by atoms with E-state index in [9.17, 15) is 4.79 Å². The van der Waals surface area contributed by atoms with E-state index < -0.39 is 12.1 Å². The number of rotatable bonds is 7. The Hall–Kier alpha value is -0.830. The number of aliphatic carboxylic acids is 1. The van der Waals surface area contributed by atoms with Crippen LogP contribution >= 0.6 is 0 Å². The zero-order valence-corrected chi connectivity index (χ0v) is 9.86. The highest BCUT2D eigenvalue weighted by atomic mass is 16.4. The summed E-state index contributed by atoms with van der Waals surface area (Å²) in [5, 5.41) is 17.6. The third-order valence-electron chi connectivity index (χ3n) is 2.43. The first-order valence-electron chi connectivity index (χ1n) is 5.47. The van der Waals surface area contributed by atoms with E-state index in [0.717, 1.165) is 19.3 Å². The van der Waals surface area contributed by atoms with Crippen LogP contribution in [0.25, 0.3) is 0 Å². The van der Waals surface area contributed by atoms with Gasteiger partial charge in [0.1, 0.15) is 0 Å². The molecule has 15 heavy (non-hydrogen) atoms. The van der Waals surface area contributed by atoms with E-state index in [0.29, 0.717) is 12.3 Å². The predicted molar refractivity (Wildman–Crippen MR) is 60.7 cm³/mol. The van der Waals surface area contributed by atoms with Crippen molar-refractivity contribution in [3.05, 3.63) is 11.6 Å². The molecule has 0 saturated heterocycles. The Balaban J connectivity index is 3.62. The van der Waals surface area contributed by atoms with Gasteiger partial charge in [0.05, 0.1) is 0 Å². The fourth-order valence-corrected chi connectivity index (χ4v) is 1.37. The van der Waals surface area contributed by atoms with Gasteiger partial charge in [-0.15, -0.1) is 0 Å². The number of carboxylic acid groups (broad SMARTS) is 1. The van der Waals surface area contributed by atoms with Crippen LogP contribution in [0.1, 0.15) is 46.5 Å². The second kappa shape index (κ2) is 7.46. The van der Waals surface area contributed by atoms with Gasteiger partial charge in [-0.05, 0) is 45.4 Å². The molecule has 0 aromatic heterocycles.